The second kappa shape index (κ2) is 13.5. The second-order valence-electron chi connectivity index (χ2n) is 10.2. The van der Waals surface area contributed by atoms with E-state index >= 15 is 0 Å². The van der Waals surface area contributed by atoms with Gasteiger partial charge in [-0.2, -0.15) is 0 Å². The number of hydrogen-bond donors (Lipinski definition) is 3. The van der Waals surface area contributed by atoms with E-state index in [0.717, 1.165) is 79.7 Å². The van der Waals surface area contributed by atoms with Crippen LogP contribution in [0.4, 0.5) is 11.6 Å². The number of nitrogens with one attached hydrogen (secondary N) is 2. The number of nitrogens with zero attached hydrogens (tertiary/aromatic N) is 4. The fourth-order valence-electron chi connectivity index (χ4n) is 4.90. The fourth-order valence-corrected chi connectivity index (χ4v) is 4.90. The van der Waals surface area contributed by atoms with Crippen LogP contribution in [0.2, 0.25) is 0 Å². The molecule has 1 aliphatic rings. The van der Waals surface area contributed by atoms with E-state index in [2.05, 4.69) is 37.6 Å². The van der Waals surface area contributed by atoms with Gasteiger partial charge in [-0.1, -0.05) is 12.1 Å². The molecule has 3 heterocycles. The highest BCUT2D eigenvalue weighted by atomic mass is 16.5. The second-order valence-corrected chi connectivity index (χ2v) is 10.2. The minimum atomic E-state index is -0.893. The molecule has 9 heteroatoms. The van der Waals surface area contributed by atoms with Crippen LogP contribution in [0.5, 0.6) is 0 Å². The lowest BCUT2D eigenvalue weighted by molar-refractivity contribution is -0.138. The lowest BCUT2D eigenvalue weighted by Crippen LogP contribution is -2.38. The minimum Gasteiger partial charge on any atom is -0.480 e. The number of aliphatic carboxylic acids is 1. The van der Waals surface area contributed by atoms with E-state index < -0.39 is 12.0 Å². The molecule has 1 aromatic carbocycles. The van der Waals surface area contributed by atoms with Crippen LogP contribution in [0, 0.1) is 6.92 Å². The number of fused-ring (bicyclic) bond motifs is 2. The first-order valence-corrected chi connectivity index (χ1v) is 13.6. The topological polar surface area (TPSA) is 113 Å². The zero-order chi connectivity index (χ0) is 26.9. The Labute approximate surface area is 225 Å². The summed E-state index contributed by atoms with van der Waals surface area (Å²) in [6, 6.07) is 9.49. The van der Waals surface area contributed by atoms with E-state index in [4.69, 9.17) is 9.72 Å². The van der Waals surface area contributed by atoms with E-state index in [0.29, 0.717) is 18.8 Å². The van der Waals surface area contributed by atoms with Gasteiger partial charge in [-0.15, -0.1) is 0 Å². The highest BCUT2D eigenvalue weighted by Crippen LogP contribution is 2.22. The molecule has 2 aromatic heterocycles. The summed E-state index contributed by atoms with van der Waals surface area (Å²) in [4.78, 5) is 27.9. The van der Waals surface area contributed by atoms with Crippen LogP contribution in [-0.4, -0.2) is 76.4 Å². The highest BCUT2D eigenvalue weighted by molar-refractivity contribution is 5.91. The molecule has 0 unspecified atom stereocenters. The molecule has 1 aliphatic heterocycles. The molecule has 204 valence electrons. The van der Waals surface area contributed by atoms with Crippen LogP contribution in [0.1, 0.15) is 49.4 Å². The van der Waals surface area contributed by atoms with Crippen molar-refractivity contribution in [1.29, 1.82) is 0 Å². The van der Waals surface area contributed by atoms with Crippen LogP contribution in [0.25, 0.3) is 10.9 Å². The molecule has 0 bridgehead atoms. The van der Waals surface area contributed by atoms with Crippen molar-refractivity contribution in [2.45, 2.75) is 64.5 Å². The summed E-state index contributed by atoms with van der Waals surface area (Å²) in [6.07, 6.45) is 7.21. The molecule has 9 nitrogen and oxygen atoms in total. The van der Waals surface area contributed by atoms with Gasteiger partial charge < -0.3 is 25.4 Å². The van der Waals surface area contributed by atoms with E-state index in [9.17, 15) is 9.90 Å². The zero-order valence-electron chi connectivity index (χ0n) is 22.7. The number of carbonyl (C=O) groups is 1. The van der Waals surface area contributed by atoms with E-state index in [1.807, 2.05) is 32.0 Å². The molecule has 0 amide bonds. The molecule has 0 spiro atoms. The number of methoxy groups -OCH3 is 1. The summed E-state index contributed by atoms with van der Waals surface area (Å²) < 4.78 is 5.51. The van der Waals surface area contributed by atoms with Gasteiger partial charge in [0.15, 0.2) is 0 Å². The SMILES string of the molecule is CO[C@H](C)CN(CCCCc1ccc2c(n1)NCCC2)CC[C@H](Nc1ncnc2cc(C)ccc12)C(=O)O. The Hall–Kier alpha value is -3.30. The maximum absolute atomic E-state index is 12.1. The van der Waals surface area contributed by atoms with E-state index in [-0.39, 0.29) is 6.10 Å². The van der Waals surface area contributed by atoms with Crippen molar-refractivity contribution in [3.8, 4) is 0 Å². The third-order valence-corrected chi connectivity index (χ3v) is 7.16. The Morgan fingerprint density at radius 2 is 2.08 bits per heavy atom. The largest absolute Gasteiger partial charge is 0.480 e. The number of anilines is 2. The summed E-state index contributed by atoms with van der Waals surface area (Å²) >= 11 is 0. The Kier molecular flexibility index (Phi) is 9.84. The number of carboxylic acids is 1. The predicted molar refractivity (Wildman–Crippen MR) is 151 cm³/mol. The third kappa shape index (κ3) is 7.61. The summed E-state index contributed by atoms with van der Waals surface area (Å²) in [6.45, 7) is 7.30. The van der Waals surface area contributed by atoms with Gasteiger partial charge in [0.2, 0.25) is 0 Å². The Morgan fingerprint density at radius 3 is 2.89 bits per heavy atom. The number of unbranched alkanes of at least 4 members (excludes halogenated alkanes) is 1. The Morgan fingerprint density at radius 1 is 1.21 bits per heavy atom. The molecule has 0 saturated heterocycles. The molecule has 0 saturated carbocycles. The maximum Gasteiger partial charge on any atom is 0.326 e. The van der Waals surface area contributed by atoms with Crippen molar-refractivity contribution in [2.75, 3.05) is 43.9 Å². The van der Waals surface area contributed by atoms with Crippen molar-refractivity contribution < 1.29 is 14.6 Å². The summed E-state index contributed by atoms with van der Waals surface area (Å²) in [7, 11) is 1.71. The first kappa shape index (κ1) is 27.7. The van der Waals surface area contributed by atoms with Gasteiger partial charge >= 0.3 is 5.97 Å². The number of carboxylic acid groups (broad SMARTS) is 1. The van der Waals surface area contributed by atoms with Crippen molar-refractivity contribution in [3.63, 3.8) is 0 Å². The first-order valence-electron chi connectivity index (χ1n) is 13.6. The Bertz CT molecular complexity index is 1220. The lowest BCUT2D eigenvalue weighted by atomic mass is 10.1. The average Bonchev–Trinajstić information content (AvgIpc) is 2.92. The molecule has 4 rings (SSSR count). The highest BCUT2D eigenvalue weighted by Gasteiger charge is 2.21. The smallest absolute Gasteiger partial charge is 0.326 e. The van der Waals surface area contributed by atoms with Gasteiger partial charge in [0.05, 0.1) is 11.6 Å². The summed E-state index contributed by atoms with van der Waals surface area (Å²) in [5.74, 6) is 0.699. The fraction of sp³-hybridized carbons (Fsp3) is 0.517. The number of benzene rings is 1. The third-order valence-electron chi connectivity index (χ3n) is 7.16. The van der Waals surface area contributed by atoms with Crippen LogP contribution < -0.4 is 10.6 Å². The van der Waals surface area contributed by atoms with Gasteiger partial charge in [-0.25, -0.2) is 19.7 Å². The normalized spacial score (nSPS) is 14.6. The standard InChI is InChI=1S/C29H40N6O3/c1-20-9-12-24-26(17-20)31-19-32-28(24)34-25(29(36)37)13-16-35(18-21(2)38-3)15-5-4-8-23-11-10-22-7-6-14-30-27(22)33-23/h9-12,17,19,21,25H,4-8,13-16,18H2,1-3H3,(H,30,33)(H,36,37)(H,31,32,34)/t21-,25+/m1/s1. The summed E-state index contributed by atoms with van der Waals surface area (Å²) in [5, 5.41) is 17.3. The molecule has 3 N–H and O–H groups in total. The van der Waals surface area contributed by atoms with E-state index in [1.165, 1.54) is 11.9 Å². The van der Waals surface area contributed by atoms with Crippen molar-refractivity contribution in [2.24, 2.45) is 0 Å². The monoisotopic (exact) mass is 520 g/mol. The van der Waals surface area contributed by atoms with Gasteiger partial charge in [0, 0.05) is 37.8 Å². The molecule has 3 aromatic rings. The average molecular weight is 521 g/mol. The van der Waals surface area contributed by atoms with Gasteiger partial charge in [-0.3, -0.25) is 0 Å². The van der Waals surface area contributed by atoms with Crippen molar-refractivity contribution >= 4 is 28.5 Å². The maximum atomic E-state index is 12.1. The van der Waals surface area contributed by atoms with Crippen molar-refractivity contribution in [1.82, 2.24) is 19.9 Å². The van der Waals surface area contributed by atoms with Gasteiger partial charge in [0.25, 0.3) is 0 Å². The van der Waals surface area contributed by atoms with Crippen LogP contribution in [0.3, 0.4) is 0 Å². The van der Waals surface area contributed by atoms with Crippen LogP contribution in [-0.2, 0) is 22.4 Å². The molecular weight excluding hydrogens is 480 g/mol. The number of rotatable bonds is 14. The molecule has 2 atom stereocenters. The molecule has 0 radical (unpaired) electrons. The zero-order valence-corrected chi connectivity index (χ0v) is 22.7. The lowest BCUT2D eigenvalue weighted by Gasteiger charge is -2.27. The van der Waals surface area contributed by atoms with Gasteiger partial charge in [0.1, 0.15) is 24.0 Å². The number of hydrogen-bond acceptors (Lipinski definition) is 8. The quantitative estimate of drug-likeness (QED) is 0.268. The van der Waals surface area contributed by atoms with E-state index in [1.54, 1.807) is 7.11 Å². The van der Waals surface area contributed by atoms with Crippen molar-refractivity contribution in [3.05, 3.63) is 53.5 Å². The number of ether oxygens (including phenoxy) is 1. The Balaban J connectivity index is 1.33. The number of aromatic nitrogens is 3. The predicted octanol–water partition coefficient (Wildman–Crippen LogP) is 4.31. The number of pyridine rings is 1. The molecule has 0 fully saturated rings. The molecule has 0 aliphatic carbocycles. The van der Waals surface area contributed by atoms with Crippen LogP contribution >= 0.6 is 0 Å². The first-order chi connectivity index (χ1) is 18.4. The summed E-state index contributed by atoms with van der Waals surface area (Å²) in [5.41, 5.74) is 4.33. The number of aryl methyl sites for hydroxylation is 3. The molecule has 38 heavy (non-hydrogen) atoms. The molecular formula is C29H40N6O3. The van der Waals surface area contributed by atoms with Gasteiger partial charge in [-0.05, 0) is 88.2 Å². The minimum absolute atomic E-state index is 0.0636. The van der Waals surface area contributed by atoms with Crippen LogP contribution in [0.15, 0.2) is 36.7 Å².